The number of benzene rings is 1. The van der Waals surface area contributed by atoms with Crippen molar-refractivity contribution < 1.29 is 24.2 Å². The fourth-order valence-electron chi connectivity index (χ4n) is 2.03. The highest BCUT2D eigenvalue weighted by Crippen LogP contribution is 2.38. The Hall–Kier alpha value is -1.95. The highest BCUT2D eigenvalue weighted by Gasteiger charge is 2.23. The molecule has 2 rings (SSSR count). The zero-order valence-corrected chi connectivity index (χ0v) is 12.5. The average molecular weight is 314 g/mol. The van der Waals surface area contributed by atoms with E-state index >= 15 is 0 Å². The summed E-state index contributed by atoms with van der Waals surface area (Å²) < 4.78 is 10.8. The molecule has 0 aromatic heterocycles. The molecule has 114 valence electrons. The van der Waals surface area contributed by atoms with E-state index in [9.17, 15) is 9.59 Å². The number of fused-ring (bicyclic) bond motifs is 1. The van der Waals surface area contributed by atoms with E-state index < -0.39 is 11.9 Å². The minimum Gasteiger partial charge on any atom is -0.486 e. The average Bonchev–Trinajstić information content (AvgIpc) is 2.46. The van der Waals surface area contributed by atoms with Crippen LogP contribution in [0.1, 0.15) is 17.3 Å². The maximum Gasteiger partial charge on any atom is 0.308 e. The predicted molar refractivity (Wildman–Crippen MR) is 76.2 cm³/mol. The van der Waals surface area contributed by atoms with Crippen molar-refractivity contribution in [2.75, 3.05) is 26.8 Å². The molecule has 0 spiro atoms. The van der Waals surface area contributed by atoms with Crippen LogP contribution in [0.2, 0.25) is 5.02 Å². The highest BCUT2D eigenvalue weighted by molar-refractivity contribution is 6.32. The fourth-order valence-corrected chi connectivity index (χ4v) is 2.29. The van der Waals surface area contributed by atoms with Gasteiger partial charge in [0.25, 0.3) is 5.91 Å². The number of halogens is 1. The highest BCUT2D eigenvalue weighted by atomic mass is 35.5. The summed E-state index contributed by atoms with van der Waals surface area (Å²) in [4.78, 5) is 24.5. The van der Waals surface area contributed by atoms with Crippen LogP contribution in [-0.4, -0.2) is 48.7 Å². The van der Waals surface area contributed by atoms with Gasteiger partial charge in [-0.25, -0.2) is 0 Å². The van der Waals surface area contributed by atoms with Gasteiger partial charge in [-0.05, 0) is 12.1 Å². The van der Waals surface area contributed by atoms with E-state index in [-0.39, 0.29) is 12.5 Å². The van der Waals surface area contributed by atoms with E-state index in [1.807, 2.05) is 0 Å². The Morgan fingerprint density at radius 2 is 2.05 bits per heavy atom. The Bertz CT molecular complexity index is 575. The van der Waals surface area contributed by atoms with E-state index in [0.717, 1.165) is 0 Å². The van der Waals surface area contributed by atoms with Gasteiger partial charge >= 0.3 is 5.97 Å². The molecule has 0 saturated heterocycles. The number of aliphatic carboxylic acids is 1. The maximum atomic E-state index is 12.3. The maximum absolute atomic E-state index is 12.3. The van der Waals surface area contributed by atoms with Gasteiger partial charge in [0.2, 0.25) is 0 Å². The summed E-state index contributed by atoms with van der Waals surface area (Å²) in [6.45, 7) is 2.46. The number of nitrogens with zero attached hydrogens (tertiary/aromatic N) is 1. The zero-order valence-electron chi connectivity index (χ0n) is 11.8. The lowest BCUT2D eigenvalue weighted by Crippen LogP contribution is -2.33. The van der Waals surface area contributed by atoms with Gasteiger partial charge in [-0.15, -0.1) is 0 Å². The Morgan fingerprint density at radius 1 is 1.38 bits per heavy atom. The van der Waals surface area contributed by atoms with Crippen LogP contribution in [0.15, 0.2) is 12.1 Å². The monoisotopic (exact) mass is 313 g/mol. The van der Waals surface area contributed by atoms with Crippen molar-refractivity contribution in [1.82, 2.24) is 4.90 Å². The SMILES string of the molecule is CC(CN(C)C(=O)c1cc(Cl)c2c(c1)OCCO2)C(=O)O. The number of carbonyl (C=O) groups excluding carboxylic acids is 1. The molecule has 1 N–H and O–H groups in total. The van der Waals surface area contributed by atoms with Crippen LogP contribution in [0.4, 0.5) is 0 Å². The number of carboxylic acids is 1. The third-order valence-electron chi connectivity index (χ3n) is 3.16. The molecule has 7 heteroatoms. The lowest BCUT2D eigenvalue weighted by molar-refractivity contribution is -0.141. The largest absolute Gasteiger partial charge is 0.486 e. The van der Waals surface area contributed by atoms with Gasteiger partial charge in [-0.3, -0.25) is 9.59 Å². The van der Waals surface area contributed by atoms with Crippen LogP contribution in [0, 0.1) is 5.92 Å². The molecule has 1 aromatic carbocycles. The first kappa shape index (κ1) is 15.4. The first-order chi connectivity index (χ1) is 9.90. The summed E-state index contributed by atoms with van der Waals surface area (Å²) in [6, 6.07) is 3.06. The molecule has 0 bridgehead atoms. The van der Waals surface area contributed by atoms with Crippen LogP contribution < -0.4 is 9.47 Å². The number of carbonyl (C=O) groups is 2. The second kappa shape index (κ2) is 6.22. The molecule has 1 aromatic rings. The van der Waals surface area contributed by atoms with E-state index in [0.29, 0.717) is 35.3 Å². The lowest BCUT2D eigenvalue weighted by atomic mass is 10.1. The summed E-state index contributed by atoms with van der Waals surface area (Å²) in [5, 5.41) is 9.19. The molecule has 0 fully saturated rings. The van der Waals surface area contributed by atoms with Gasteiger partial charge < -0.3 is 19.5 Å². The molecular formula is C14H16ClNO5. The molecule has 0 saturated carbocycles. The zero-order chi connectivity index (χ0) is 15.6. The molecule has 1 aliphatic rings. The normalized spacial score (nSPS) is 14.4. The van der Waals surface area contributed by atoms with Crippen LogP contribution in [0.25, 0.3) is 0 Å². The van der Waals surface area contributed by atoms with Crippen LogP contribution >= 0.6 is 11.6 Å². The lowest BCUT2D eigenvalue weighted by Gasteiger charge is -2.22. The first-order valence-electron chi connectivity index (χ1n) is 6.47. The number of rotatable bonds is 4. The summed E-state index contributed by atoms with van der Waals surface area (Å²) in [5.41, 5.74) is 0.337. The molecule has 1 heterocycles. The molecule has 1 amide bonds. The van der Waals surface area contributed by atoms with Gasteiger partial charge in [-0.2, -0.15) is 0 Å². The minimum absolute atomic E-state index is 0.111. The Morgan fingerprint density at radius 3 is 2.71 bits per heavy atom. The Kier molecular flexibility index (Phi) is 4.57. The van der Waals surface area contributed by atoms with Crippen molar-refractivity contribution in [2.24, 2.45) is 5.92 Å². The number of amides is 1. The molecule has 1 unspecified atom stereocenters. The van der Waals surface area contributed by atoms with Crippen molar-refractivity contribution in [3.05, 3.63) is 22.7 Å². The number of ether oxygens (including phenoxy) is 2. The van der Waals surface area contributed by atoms with Gasteiger partial charge in [-0.1, -0.05) is 18.5 Å². The quantitative estimate of drug-likeness (QED) is 0.919. The fraction of sp³-hybridized carbons (Fsp3) is 0.429. The summed E-state index contributed by atoms with van der Waals surface area (Å²) >= 11 is 6.08. The Balaban J connectivity index is 2.19. The minimum atomic E-state index is -0.949. The van der Waals surface area contributed by atoms with Gasteiger partial charge in [0.05, 0.1) is 10.9 Å². The summed E-state index contributed by atoms with van der Waals surface area (Å²) in [6.07, 6.45) is 0. The van der Waals surface area contributed by atoms with Crippen LogP contribution in [0.3, 0.4) is 0 Å². The predicted octanol–water partition coefficient (Wildman–Crippen LogP) is 1.90. The number of hydrogen-bond acceptors (Lipinski definition) is 4. The molecule has 1 atom stereocenters. The van der Waals surface area contributed by atoms with Crippen molar-refractivity contribution in [1.29, 1.82) is 0 Å². The Labute approximate surface area is 127 Å². The van der Waals surface area contributed by atoms with E-state index in [4.69, 9.17) is 26.2 Å². The van der Waals surface area contributed by atoms with Gasteiger partial charge in [0.15, 0.2) is 11.5 Å². The molecule has 6 nitrogen and oxygen atoms in total. The molecule has 21 heavy (non-hydrogen) atoms. The topological polar surface area (TPSA) is 76.1 Å². The summed E-state index contributed by atoms with van der Waals surface area (Å²) in [5.74, 6) is -1.05. The van der Waals surface area contributed by atoms with Crippen molar-refractivity contribution in [3.8, 4) is 11.5 Å². The first-order valence-corrected chi connectivity index (χ1v) is 6.85. The second-order valence-electron chi connectivity index (χ2n) is 4.91. The van der Waals surface area contributed by atoms with Crippen molar-refractivity contribution in [3.63, 3.8) is 0 Å². The number of hydrogen-bond donors (Lipinski definition) is 1. The smallest absolute Gasteiger partial charge is 0.308 e. The van der Waals surface area contributed by atoms with Crippen LogP contribution in [-0.2, 0) is 4.79 Å². The standard InChI is InChI=1S/C14H16ClNO5/c1-8(14(18)19)7-16(2)13(17)9-5-10(15)12-11(6-9)20-3-4-21-12/h5-6,8H,3-4,7H2,1-2H3,(H,18,19). The van der Waals surface area contributed by atoms with E-state index in [1.54, 1.807) is 20.0 Å². The van der Waals surface area contributed by atoms with Crippen LogP contribution in [0.5, 0.6) is 11.5 Å². The van der Waals surface area contributed by atoms with Gasteiger partial charge in [0.1, 0.15) is 13.2 Å². The van der Waals surface area contributed by atoms with Crippen molar-refractivity contribution in [2.45, 2.75) is 6.92 Å². The van der Waals surface area contributed by atoms with Crippen molar-refractivity contribution >= 4 is 23.5 Å². The molecular weight excluding hydrogens is 298 g/mol. The molecule has 0 radical (unpaired) electrons. The molecule has 0 aliphatic carbocycles. The summed E-state index contributed by atoms with van der Waals surface area (Å²) in [7, 11) is 1.55. The number of carboxylic acid groups (broad SMARTS) is 1. The third-order valence-corrected chi connectivity index (χ3v) is 3.44. The second-order valence-corrected chi connectivity index (χ2v) is 5.31. The van der Waals surface area contributed by atoms with E-state index in [2.05, 4.69) is 0 Å². The van der Waals surface area contributed by atoms with Gasteiger partial charge in [0, 0.05) is 19.2 Å². The molecule has 1 aliphatic heterocycles. The third kappa shape index (κ3) is 3.39. The van der Waals surface area contributed by atoms with E-state index in [1.165, 1.54) is 11.0 Å².